The van der Waals surface area contributed by atoms with Crippen molar-refractivity contribution >= 4 is 35.3 Å². The van der Waals surface area contributed by atoms with Crippen LogP contribution in [0.4, 0.5) is 6.01 Å². The average molecular weight is 388 g/mol. The van der Waals surface area contributed by atoms with Crippen molar-refractivity contribution in [3.63, 3.8) is 0 Å². The maximum Gasteiger partial charge on any atom is 0.322 e. The van der Waals surface area contributed by atoms with Crippen LogP contribution in [0.25, 0.3) is 11.5 Å². The molecule has 1 heterocycles. The van der Waals surface area contributed by atoms with Crippen molar-refractivity contribution in [2.75, 3.05) is 11.1 Å². The number of carbonyl (C=O) groups is 1. The van der Waals surface area contributed by atoms with Crippen LogP contribution in [-0.4, -0.2) is 21.9 Å². The monoisotopic (exact) mass is 387 g/mol. The molecule has 1 amide bonds. The molecule has 1 N–H and O–H groups in total. The number of benzene rings is 2. The predicted octanol–water partition coefficient (Wildman–Crippen LogP) is 5.13. The van der Waals surface area contributed by atoms with Gasteiger partial charge in [0.2, 0.25) is 11.8 Å². The average Bonchev–Trinajstić information content (AvgIpc) is 3.04. The number of halogens is 1. The number of aromatic nitrogens is 2. The molecule has 7 heteroatoms. The van der Waals surface area contributed by atoms with Crippen LogP contribution < -0.4 is 5.32 Å². The minimum Gasteiger partial charge on any atom is -0.403 e. The second kappa shape index (κ2) is 8.38. The lowest BCUT2D eigenvalue weighted by Crippen LogP contribution is -2.12. The van der Waals surface area contributed by atoms with E-state index in [9.17, 15) is 4.79 Å². The van der Waals surface area contributed by atoms with Crippen molar-refractivity contribution in [1.82, 2.24) is 10.2 Å². The minimum absolute atomic E-state index is 0.112. The van der Waals surface area contributed by atoms with Gasteiger partial charge in [-0.15, -0.1) is 16.9 Å². The van der Waals surface area contributed by atoms with Crippen LogP contribution in [0.3, 0.4) is 0 Å². The molecule has 0 aliphatic heterocycles. The third-order valence-electron chi connectivity index (χ3n) is 3.55. The van der Waals surface area contributed by atoms with Gasteiger partial charge in [-0.3, -0.25) is 10.1 Å². The molecule has 3 aromatic rings. The molecule has 3 rings (SSSR count). The molecule has 134 valence electrons. The fraction of sp³-hybridized carbons (Fsp3) is 0.211. The van der Waals surface area contributed by atoms with Gasteiger partial charge in [0.15, 0.2) is 0 Å². The van der Waals surface area contributed by atoms with Gasteiger partial charge in [-0.25, -0.2) is 0 Å². The number of thioether (sulfide) groups is 1. The Kier molecular flexibility index (Phi) is 5.96. The van der Waals surface area contributed by atoms with E-state index in [0.717, 1.165) is 21.6 Å². The Morgan fingerprint density at radius 1 is 1.12 bits per heavy atom. The van der Waals surface area contributed by atoms with Gasteiger partial charge in [0.05, 0.1) is 0 Å². The van der Waals surface area contributed by atoms with Gasteiger partial charge < -0.3 is 4.42 Å². The summed E-state index contributed by atoms with van der Waals surface area (Å²) in [5.74, 6) is 0.871. The first-order valence-corrected chi connectivity index (χ1v) is 9.46. The summed E-state index contributed by atoms with van der Waals surface area (Å²) in [5.41, 5.74) is 3.07. The van der Waals surface area contributed by atoms with Crippen LogP contribution in [0.5, 0.6) is 0 Å². The van der Waals surface area contributed by atoms with E-state index in [-0.39, 0.29) is 11.9 Å². The Hall–Kier alpha value is -2.31. The van der Waals surface area contributed by atoms with Crippen molar-refractivity contribution in [3.05, 3.63) is 58.6 Å². The van der Waals surface area contributed by atoms with Crippen molar-refractivity contribution < 1.29 is 9.21 Å². The fourth-order valence-electron chi connectivity index (χ4n) is 2.46. The first-order valence-electron chi connectivity index (χ1n) is 8.10. The van der Waals surface area contributed by atoms with Crippen LogP contribution in [0.2, 0.25) is 5.02 Å². The highest BCUT2D eigenvalue weighted by molar-refractivity contribution is 7.99. The molecule has 0 radical (unpaired) electrons. The second-order valence-electron chi connectivity index (χ2n) is 5.89. The maximum absolute atomic E-state index is 12.0. The van der Waals surface area contributed by atoms with Gasteiger partial charge in [-0.1, -0.05) is 33.9 Å². The molecular formula is C19H18ClN3O2S. The van der Waals surface area contributed by atoms with Crippen LogP contribution in [0, 0.1) is 13.8 Å². The van der Waals surface area contributed by atoms with Gasteiger partial charge >= 0.3 is 6.01 Å². The number of rotatable bonds is 6. The highest BCUT2D eigenvalue weighted by atomic mass is 35.5. The summed E-state index contributed by atoms with van der Waals surface area (Å²) in [6.45, 7) is 4.02. The number of nitrogens with one attached hydrogen (secondary N) is 1. The van der Waals surface area contributed by atoms with Crippen LogP contribution in [-0.2, 0) is 4.79 Å². The van der Waals surface area contributed by atoms with Crippen molar-refractivity contribution in [3.8, 4) is 11.5 Å². The Labute approximate surface area is 161 Å². The summed E-state index contributed by atoms with van der Waals surface area (Å²) < 4.78 is 5.55. The van der Waals surface area contributed by atoms with E-state index < -0.39 is 0 Å². The Balaban J connectivity index is 1.53. The molecule has 0 fully saturated rings. The fourth-order valence-corrected chi connectivity index (χ4v) is 3.44. The van der Waals surface area contributed by atoms with E-state index in [1.807, 2.05) is 50.2 Å². The smallest absolute Gasteiger partial charge is 0.322 e. The van der Waals surface area contributed by atoms with Gasteiger partial charge in [-0.2, -0.15) is 0 Å². The Morgan fingerprint density at radius 3 is 2.50 bits per heavy atom. The molecule has 0 saturated heterocycles. The van der Waals surface area contributed by atoms with Crippen LogP contribution in [0.1, 0.15) is 17.5 Å². The first kappa shape index (κ1) is 18.5. The lowest BCUT2D eigenvalue weighted by atomic mass is 10.1. The number of aryl methyl sites for hydroxylation is 2. The Bertz CT molecular complexity index is 889. The zero-order valence-electron chi connectivity index (χ0n) is 14.5. The van der Waals surface area contributed by atoms with Crippen molar-refractivity contribution in [1.29, 1.82) is 0 Å². The van der Waals surface area contributed by atoms with Crippen LogP contribution >= 0.6 is 23.4 Å². The van der Waals surface area contributed by atoms with Gasteiger partial charge in [-0.05, 0) is 50.2 Å². The molecule has 0 aliphatic carbocycles. The molecule has 0 aliphatic rings. The van der Waals surface area contributed by atoms with E-state index >= 15 is 0 Å². The topological polar surface area (TPSA) is 68.0 Å². The number of anilines is 1. The van der Waals surface area contributed by atoms with Crippen LogP contribution in [0.15, 0.2) is 51.8 Å². The summed E-state index contributed by atoms with van der Waals surface area (Å²) in [5, 5.41) is 11.2. The van der Waals surface area contributed by atoms with E-state index in [4.69, 9.17) is 16.0 Å². The van der Waals surface area contributed by atoms with E-state index in [0.29, 0.717) is 23.1 Å². The third kappa shape index (κ3) is 5.09. The standard InChI is InChI=1S/C19H18ClN3O2S/c1-12-9-13(2)11-14(10-12)18-22-23-19(25-18)21-17(24)7-8-26-16-5-3-15(20)4-6-16/h3-6,9-11H,7-8H2,1-2H3,(H,21,23,24). The summed E-state index contributed by atoms with van der Waals surface area (Å²) >= 11 is 7.44. The summed E-state index contributed by atoms with van der Waals surface area (Å²) in [7, 11) is 0. The van der Waals surface area contributed by atoms with E-state index in [2.05, 4.69) is 21.6 Å². The van der Waals surface area contributed by atoms with E-state index in [1.165, 1.54) is 0 Å². The third-order valence-corrected chi connectivity index (χ3v) is 4.82. The first-order chi connectivity index (χ1) is 12.5. The molecule has 5 nitrogen and oxygen atoms in total. The molecule has 0 bridgehead atoms. The number of hydrogen-bond acceptors (Lipinski definition) is 5. The second-order valence-corrected chi connectivity index (χ2v) is 7.49. The number of carbonyl (C=O) groups excluding carboxylic acids is 1. The highest BCUT2D eigenvalue weighted by Crippen LogP contribution is 2.23. The normalized spacial score (nSPS) is 10.7. The summed E-state index contributed by atoms with van der Waals surface area (Å²) in [6.07, 6.45) is 0.342. The van der Waals surface area contributed by atoms with Gasteiger partial charge in [0, 0.05) is 27.7 Å². The molecule has 0 unspecified atom stereocenters. The molecule has 2 aromatic carbocycles. The maximum atomic E-state index is 12.0. The lowest BCUT2D eigenvalue weighted by Gasteiger charge is -2.02. The predicted molar refractivity (Wildman–Crippen MR) is 105 cm³/mol. The van der Waals surface area contributed by atoms with Gasteiger partial charge in [0.1, 0.15) is 0 Å². The Morgan fingerprint density at radius 2 is 1.81 bits per heavy atom. The molecule has 26 heavy (non-hydrogen) atoms. The zero-order valence-corrected chi connectivity index (χ0v) is 16.0. The largest absolute Gasteiger partial charge is 0.403 e. The van der Waals surface area contributed by atoms with Crippen molar-refractivity contribution in [2.45, 2.75) is 25.2 Å². The number of nitrogens with zero attached hydrogens (tertiary/aromatic N) is 2. The van der Waals surface area contributed by atoms with E-state index in [1.54, 1.807) is 11.8 Å². The summed E-state index contributed by atoms with van der Waals surface area (Å²) in [6, 6.07) is 13.6. The molecular weight excluding hydrogens is 370 g/mol. The number of amides is 1. The lowest BCUT2D eigenvalue weighted by molar-refractivity contribution is -0.115. The quantitative estimate of drug-likeness (QED) is 0.594. The summed E-state index contributed by atoms with van der Waals surface area (Å²) in [4.78, 5) is 13.1. The zero-order chi connectivity index (χ0) is 18.5. The SMILES string of the molecule is Cc1cc(C)cc(-c2nnc(NC(=O)CCSc3ccc(Cl)cc3)o2)c1. The molecule has 0 atom stereocenters. The molecule has 0 saturated carbocycles. The highest BCUT2D eigenvalue weighted by Gasteiger charge is 2.12. The van der Waals surface area contributed by atoms with Gasteiger partial charge in [0.25, 0.3) is 0 Å². The molecule has 1 aromatic heterocycles. The minimum atomic E-state index is -0.165. The number of hydrogen-bond donors (Lipinski definition) is 1. The molecule has 0 spiro atoms. The van der Waals surface area contributed by atoms with Crippen molar-refractivity contribution in [2.24, 2.45) is 0 Å².